The average molecular weight is 359 g/mol. The number of nitrogens with zero attached hydrogens (tertiary/aromatic N) is 2. The number of rotatable bonds is 3. The Bertz CT molecular complexity index is 534. The fraction of sp³-hybridized carbons (Fsp3) is 0.0909. The molecule has 0 aliphatic carbocycles. The molecule has 0 aliphatic rings. The molecule has 4 nitrogen and oxygen atoms in total. The maximum absolute atomic E-state index is 5.17. The van der Waals surface area contributed by atoms with E-state index < -0.39 is 0 Å². The van der Waals surface area contributed by atoms with E-state index in [1.54, 1.807) is 13.3 Å². The molecule has 1 aromatic heterocycles. The van der Waals surface area contributed by atoms with Gasteiger partial charge < -0.3 is 10.1 Å². The first-order chi connectivity index (χ1) is 8.20. The predicted octanol–water partition coefficient (Wildman–Crippen LogP) is 3.75. The van der Waals surface area contributed by atoms with Crippen LogP contribution in [0.4, 0.5) is 11.5 Å². The van der Waals surface area contributed by atoms with E-state index in [1.807, 2.05) is 18.2 Å². The van der Waals surface area contributed by atoms with Crippen LogP contribution in [0.5, 0.6) is 5.75 Å². The van der Waals surface area contributed by atoms with Crippen molar-refractivity contribution in [1.29, 1.82) is 0 Å². The Morgan fingerprint density at radius 3 is 2.76 bits per heavy atom. The Kier molecular flexibility index (Phi) is 3.96. The lowest BCUT2D eigenvalue weighted by atomic mass is 10.3. The van der Waals surface area contributed by atoms with Gasteiger partial charge in [-0.3, -0.25) is 0 Å². The minimum absolute atomic E-state index is 0.703. The average Bonchev–Trinajstić information content (AvgIpc) is 2.35. The van der Waals surface area contributed by atoms with Gasteiger partial charge in [0.2, 0.25) is 0 Å². The van der Waals surface area contributed by atoms with Gasteiger partial charge in [0, 0.05) is 16.7 Å². The van der Waals surface area contributed by atoms with Crippen LogP contribution >= 0.6 is 31.9 Å². The quantitative estimate of drug-likeness (QED) is 0.907. The number of ether oxygens (including phenoxy) is 1. The lowest BCUT2D eigenvalue weighted by Gasteiger charge is -2.10. The molecule has 0 amide bonds. The fourth-order valence-corrected chi connectivity index (χ4v) is 1.92. The van der Waals surface area contributed by atoms with Crippen molar-refractivity contribution in [2.75, 3.05) is 12.4 Å². The fourth-order valence-electron chi connectivity index (χ4n) is 1.26. The summed E-state index contributed by atoms with van der Waals surface area (Å²) in [5.41, 5.74) is 0.878. The number of benzene rings is 1. The summed E-state index contributed by atoms with van der Waals surface area (Å²) >= 11 is 6.84. The summed E-state index contributed by atoms with van der Waals surface area (Å²) in [5, 5.41) is 3.19. The molecule has 17 heavy (non-hydrogen) atoms. The number of anilines is 2. The molecule has 0 atom stereocenters. The van der Waals surface area contributed by atoms with Crippen molar-refractivity contribution in [3.05, 3.63) is 39.7 Å². The SMILES string of the molecule is COc1ccc(Br)c(Nc2ncncc2Br)c1. The van der Waals surface area contributed by atoms with Gasteiger partial charge in [-0.05, 0) is 44.0 Å². The number of aromatic nitrogens is 2. The second-order valence-corrected chi connectivity index (χ2v) is 4.90. The minimum atomic E-state index is 0.703. The van der Waals surface area contributed by atoms with Gasteiger partial charge in [-0.1, -0.05) is 0 Å². The van der Waals surface area contributed by atoms with Crippen LogP contribution in [0.3, 0.4) is 0 Å². The molecule has 0 unspecified atom stereocenters. The third-order valence-electron chi connectivity index (χ3n) is 2.09. The van der Waals surface area contributed by atoms with Crippen molar-refractivity contribution in [2.45, 2.75) is 0 Å². The molecule has 0 aliphatic heterocycles. The van der Waals surface area contributed by atoms with Gasteiger partial charge in [-0.25, -0.2) is 9.97 Å². The highest BCUT2D eigenvalue weighted by molar-refractivity contribution is 9.11. The van der Waals surface area contributed by atoms with E-state index in [2.05, 4.69) is 47.1 Å². The lowest BCUT2D eigenvalue weighted by molar-refractivity contribution is 0.415. The van der Waals surface area contributed by atoms with Crippen LogP contribution in [0.15, 0.2) is 39.7 Å². The zero-order valence-electron chi connectivity index (χ0n) is 8.95. The largest absolute Gasteiger partial charge is 0.497 e. The number of methoxy groups -OCH3 is 1. The number of nitrogens with one attached hydrogen (secondary N) is 1. The first kappa shape index (κ1) is 12.3. The van der Waals surface area contributed by atoms with Crippen LogP contribution < -0.4 is 10.1 Å². The normalized spacial score (nSPS) is 10.1. The zero-order valence-corrected chi connectivity index (χ0v) is 12.1. The summed E-state index contributed by atoms with van der Waals surface area (Å²) in [6, 6.07) is 5.68. The molecule has 1 aromatic carbocycles. The van der Waals surface area contributed by atoms with Gasteiger partial charge in [-0.2, -0.15) is 0 Å². The molecule has 0 spiro atoms. The van der Waals surface area contributed by atoms with Crippen molar-refractivity contribution in [3.63, 3.8) is 0 Å². The molecule has 0 saturated heterocycles. The van der Waals surface area contributed by atoms with Gasteiger partial charge in [0.25, 0.3) is 0 Å². The summed E-state index contributed by atoms with van der Waals surface area (Å²) in [5.74, 6) is 1.48. The molecule has 0 saturated carbocycles. The van der Waals surface area contributed by atoms with Crippen LogP contribution in [0.2, 0.25) is 0 Å². The van der Waals surface area contributed by atoms with E-state index in [9.17, 15) is 0 Å². The molecular formula is C11H9Br2N3O. The Hall–Kier alpha value is -1.14. The highest BCUT2D eigenvalue weighted by Gasteiger charge is 2.06. The minimum Gasteiger partial charge on any atom is -0.497 e. The number of hydrogen-bond acceptors (Lipinski definition) is 4. The number of hydrogen-bond donors (Lipinski definition) is 1. The topological polar surface area (TPSA) is 47.0 Å². The number of halogens is 2. The van der Waals surface area contributed by atoms with E-state index in [-0.39, 0.29) is 0 Å². The Morgan fingerprint density at radius 1 is 1.24 bits per heavy atom. The third kappa shape index (κ3) is 2.95. The monoisotopic (exact) mass is 357 g/mol. The van der Waals surface area contributed by atoms with Gasteiger partial charge in [0.1, 0.15) is 17.9 Å². The Balaban J connectivity index is 2.32. The lowest BCUT2D eigenvalue weighted by Crippen LogP contribution is -1.96. The first-order valence-corrected chi connectivity index (χ1v) is 6.35. The van der Waals surface area contributed by atoms with Crippen LogP contribution in [0, 0.1) is 0 Å². The summed E-state index contributed by atoms with van der Waals surface area (Å²) in [6.07, 6.45) is 3.17. The smallest absolute Gasteiger partial charge is 0.148 e. The molecule has 0 radical (unpaired) electrons. The van der Waals surface area contributed by atoms with Gasteiger partial charge >= 0.3 is 0 Å². The Morgan fingerprint density at radius 2 is 2.06 bits per heavy atom. The molecule has 2 aromatic rings. The summed E-state index contributed by atoms with van der Waals surface area (Å²) in [7, 11) is 1.63. The third-order valence-corrected chi connectivity index (χ3v) is 3.37. The highest BCUT2D eigenvalue weighted by atomic mass is 79.9. The van der Waals surface area contributed by atoms with Gasteiger partial charge in [0.15, 0.2) is 0 Å². The van der Waals surface area contributed by atoms with Gasteiger partial charge in [0.05, 0.1) is 17.3 Å². The first-order valence-electron chi connectivity index (χ1n) is 4.77. The standard InChI is InChI=1S/C11H9Br2N3O/c1-17-7-2-3-8(12)10(4-7)16-11-9(13)5-14-6-15-11/h2-6H,1H3,(H,14,15,16). The molecule has 6 heteroatoms. The van der Waals surface area contributed by atoms with E-state index in [0.29, 0.717) is 5.82 Å². The van der Waals surface area contributed by atoms with Crippen LogP contribution in [-0.2, 0) is 0 Å². The molecule has 2 rings (SSSR count). The predicted molar refractivity (Wildman–Crippen MR) is 73.7 cm³/mol. The van der Waals surface area contributed by atoms with E-state index in [1.165, 1.54) is 6.33 Å². The van der Waals surface area contributed by atoms with Crippen molar-refractivity contribution >= 4 is 43.4 Å². The van der Waals surface area contributed by atoms with Crippen LogP contribution in [-0.4, -0.2) is 17.1 Å². The zero-order chi connectivity index (χ0) is 12.3. The second-order valence-electron chi connectivity index (χ2n) is 3.19. The summed E-state index contributed by atoms with van der Waals surface area (Å²) in [6.45, 7) is 0. The highest BCUT2D eigenvalue weighted by Crippen LogP contribution is 2.31. The van der Waals surface area contributed by atoms with E-state index in [0.717, 1.165) is 20.4 Å². The Labute approximate surface area is 116 Å². The second kappa shape index (κ2) is 5.46. The van der Waals surface area contributed by atoms with E-state index in [4.69, 9.17) is 4.74 Å². The molecule has 1 heterocycles. The van der Waals surface area contributed by atoms with Crippen molar-refractivity contribution in [2.24, 2.45) is 0 Å². The maximum atomic E-state index is 5.17. The molecule has 0 fully saturated rings. The summed E-state index contributed by atoms with van der Waals surface area (Å²) in [4.78, 5) is 8.05. The summed E-state index contributed by atoms with van der Waals surface area (Å²) < 4.78 is 6.91. The molecule has 88 valence electrons. The van der Waals surface area contributed by atoms with Crippen LogP contribution in [0.1, 0.15) is 0 Å². The molecule has 1 N–H and O–H groups in total. The van der Waals surface area contributed by atoms with Crippen molar-refractivity contribution in [3.8, 4) is 5.75 Å². The van der Waals surface area contributed by atoms with Crippen LogP contribution in [0.25, 0.3) is 0 Å². The molecular weight excluding hydrogens is 350 g/mol. The van der Waals surface area contributed by atoms with E-state index >= 15 is 0 Å². The van der Waals surface area contributed by atoms with Crippen molar-refractivity contribution < 1.29 is 4.74 Å². The maximum Gasteiger partial charge on any atom is 0.148 e. The molecule has 0 bridgehead atoms. The van der Waals surface area contributed by atoms with Crippen molar-refractivity contribution in [1.82, 2.24) is 9.97 Å². The van der Waals surface area contributed by atoms with Gasteiger partial charge in [-0.15, -0.1) is 0 Å².